The zero-order valence-electron chi connectivity index (χ0n) is 6.97. The summed E-state index contributed by atoms with van der Waals surface area (Å²) in [5.41, 5.74) is 2.19. The lowest BCUT2D eigenvalue weighted by molar-refractivity contribution is -0.138. The Kier molecular flexibility index (Phi) is 3.31. The van der Waals surface area contributed by atoms with Crippen molar-refractivity contribution in [3.8, 4) is 0 Å². The Labute approximate surface area is 84.0 Å². The molecule has 8 nitrogen and oxygen atoms in total. The van der Waals surface area contributed by atoms with E-state index in [1.807, 2.05) is 0 Å². The van der Waals surface area contributed by atoms with Crippen LogP contribution >= 0.6 is 12.2 Å². The minimum atomic E-state index is -1.02. The van der Waals surface area contributed by atoms with E-state index < -0.39 is 5.97 Å². The van der Waals surface area contributed by atoms with Gasteiger partial charge in [-0.15, -0.1) is 5.10 Å². The molecular formula is C5H8N6O2S. The lowest BCUT2D eigenvalue weighted by Gasteiger charge is -2.00. The topological polar surface area (TPSA) is 118 Å². The summed E-state index contributed by atoms with van der Waals surface area (Å²) < 4.78 is 0. The molecule has 0 aliphatic carbocycles. The van der Waals surface area contributed by atoms with Crippen molar-refractivity contribution < 1.29 is 9.90 Å². The van der Waals surface area contributed by atoms with Gasteiger partial charge in [-0.3, -0.25) is 4.79 Å². The Morgan fingerprint density at radius 1 is 1.79 bits per heavy atom. The molecule has 1 rings (SSSR count). The van der Waals surface area contributed by atoms with E-state index >= 15 is 0 Å². The average molecular weight is 216 g/mol. The fourth-order valence-corrected chi connectivity index (χ4v) is 0.809. The molecule has 0 saturated carbocycles. The third-order valence-electron chi connectivity index (χ3n) is 1.19. The third-order valence-corrected chi connectivity index (χ3v) is 1.41. The number of anilines is 1. The van der Waals surface area contributed by atoms with E-state index in [-0.39, 0.29) is 11.7 Å². The van der Waals surface area contributed by atoms with Crippen molar-refractivity contribution in [2.45, 2.75) is 6.54 Å². The van der Waals surface area contributed by atoms with Crippen LogP contribution in [0.15, 0.2) is 6.20 Å². The maximum absolute atomic E-state index is 10.3. The molecule has 0 spiro atoms. The maximum atomic E-state index is 10.3. The van der Waals surface area contributed by atoms with Crippen molar-refractivity contribution in [2.75, 3.05) is 5.32 Å². The van der Waals surface area contributed by atoms with Crippen molar-refractivity contribution in [1.82, 2.24) is 20.4 Å². The fourth-order valence-electron chi connectivity index (χ4n) is 0.704. The number of hydrogen-bond acceptors (Lipinski definition) is 5. The summed E-state index contributed by atoms with van der Waals surface area (Å²) >= 11 is 4.69. The van der Waals surface area contributed by atoms with E-state index in [1.165, 1.54) is 6.20 Å². The van der Waals surface area contributed by atoms with Crippen LogP contribution < -0.4 is 16.6 Å². The molecule has 0 fully saturated rings. The fraction of sp³-hybridized carbons (Fsp3) is 0.200. The van der Waals surface area contributed by atoms with Gasteiger partial charge in [-0.1, -0.05) is 0 Å². The van der Waals surface area contributed by atoms with Crippen LogP contribution in [0.5, 0.6) is 0 Å². The normalized spacial score (nSPS) is 9.50. The number of carbonyl (C=O) groups is 1. The van der Waals surface area contributed by atoms with E-state index in [9.17, 15) is 4.79 Å². The van der Waals surface area contributed by atoms with Gasteiger partial charge in [0.1, 0.15) is 0 Å². The Hall–Kier alpha value is -1.74. The lowest BCUT2D eigenvalue weighted by Crippen LogP contribution is -2.34. The van der Waals surface area contributed by atoms with Gasteiger partial charge >= 0.3 is 5.97 Å². The van der Waals surface area contributed by atoms with Gasteiger partial charge in [0.2, 0.25) is 0 Å². The Morgan fingerprint density at radius 3 is 3.07 bits per heavy atom. The van der Waals surface area contributed by atoms with Gasteiger partial charge < -0.3 is 15.8 Å². The predicted octanol–water partition coefficient (Wildman–Crippen LogP) is -1.48. The molecule has 5 N–H and O–H groups in total. The van der Waals surface area contributed by atoms with Crippen molar-refractivity contribution in [3.63, 3.8) is 0 Å². The predicted molar refractivity (Wildman–Crippen MR) is 51.2 cm³/mol. The first kappa shape index (κ1) is 10.3. The van der Waals surface area contributed by atoms with Gasteiger partial charge in [0, 0.05) is 0 Å². The first-order valence-electron chi connectivity index (χ1n) is 3.51. The van der Waals surface area contributed by atoms with Crippen LogP contribution in [0.3, 0.4) is 0 Å². The van der Waals surface area contributed by atoms with Gasteiger partial charge in [0.15, 0.2) is 17.5 Å². The molecule has 76 valence electrons. The molecule has 1 aromatic heterocycles. The highest BCUT2D eigenvalue weighted by Crippen LogP contribution is 1.97. The van der Waals surface area contributed by atoms with Crippen LogP contribution in [0.25, 0.3) is 0 Å². The SMILES string of the molecule is NNC(=S)Nc1cnn(CC(=O)O)n1. The van der Waals surface area contributed by atoms with Crippen molar-refractivity contribution >= 4 is 29.1 Å². The Balaban J connectivity index is 2.59. The molecule has 0 atom stereocenters. The number of nitrogens with two attached hydrogens (primary N) is 1. The molecule has 0 radical (unpaired) electrons. The summed E-state index contributed by atoms with van der Waals surface area (Å²) in [6.07, 6.45) is 1.34. The second-order valence-corrected chi connectivity index (χ2v) is 2.66. The highest BCUT2D eigenvalue weighted by molar-refractivity contribution is 7.80. The third kappa shape index (κ3) is 2.95. The largest absolute Gasteiger partial charge is 0.480 e. The Bertz CT molecular complexity index is 350. The van der Waals surface area contributed by atoms with Crippen LogP contribution in [-0.2, 0) is 11.3 Å². The summed E-state index contributed by atoms with van der Waals surface area (Å²) in [5.74, 6) is 4.31. The summed E-state index contributed by atoms with van der Waals surface area (Å²) in [7, 11) is 0. The van der Waals surface area contributed by atoms with Gasteiger partial charge in [-0.25, -0.2) is 5.84 Å². The average Bonchev–Trinajstić information content (AvgIpc) is 2.51. The molecule has 0 aliphatic heterocycles. The van der Waals surface area contributed by atoms with Gasteiger partial charge in [-0.2, -0.15) is 9.90 Å². The molecule has 0 saturated heterocycles. The summed E-state index contributed by atoms with van der Waals surface area (Å²) in [6.45, 7) is -0.301. The molecule has 0 unspecified atom stereocenters. The molecular weight excluding hydrogens is 208 g/mol. The highest BCUT2D eigenvalue weighted by atomic mass is 32.1. The van der Waals surface area contributed by atoms with Crippen LogP contribution in [0.4, 0.5) is 5.82 Å². The molecule has 0 amide bonds. The van der Waals surface area contributed by atoms with Crippen LogP contribution in [-0.4, -0.2) is 31.2 Å². The van der Waals surface area contributed by atoms with E-state index in [0.717, 1.165) is 4.80 Å². The monoisotopic (exact) mass is 216 g/mol. The standard InChI is InChI=1S/C5H8N6O2S/c6-9-5(14)8-3-1-7-11(10-3)2-4(12)13/h1H,2,6H2,(H,12,13)(H2,8,9,10,14). The number of nitrogens with zero attached hydrogens (tertiary/aromatic N) is 3. The molecule has 0 aliphatic rings. The first-order chi connectivity index (χ1) is 6.61. The quantitative estimate of drug-likeness (QED) is 0.274. The van der Waals surface area contributed by atoms with Gasteiger partial charge in [-0.05, 0) is 12.2 Å². The molecule has 1 aromatic rings. The van der Waals surface area contributed by atoms with Crippen molar-refractivity contribution in [1.29, 1.82) is 0 Å². The number of rotatable bonds is 3. The van der Waals surface area contributed by atoms with E-state index in [0.29, 0.717) is 5.82 Å². The molecule has 1 heterocycles. The Morgan fingerprint density at radius 2 is 2.50 bits per heavy atom. The van der Waals surface area contributed by atoms with Gasteiger partial charge in [0.05, 0.1) is 6.20 Å². The van der Waals surface area contributed by atoms with E-state index in [1.54, 1.807) is 0 Å². The molecule has 14 heavy (non-hydrogen) atoms. The number of aromatic nitrogens is 3. The minimum absolute atomic E-state index is 0.173. The number of carboxylic acids is 1. The highest BCUT2D eigenvalue weighted by Gasteiger charge is 2.04. The van der Waals surface area contributed by atoms with Crippen LogP contribution in [0.1, 0.15) is 0 Å². The van der Waals surface area contributed by atoms with E-state index in [2.05, 4.69) is 20.9 Å². The summed E-state index contributed by atoms with van der Waals surface area (Å²) in [6, 6.07) is 0. The summed E-state index contributed by atoms with van der Waals surface area (Å²) in [5, 5.41) is 18.6. The minimum Gasteiger partial charge on any atom is -0.480 e. The maximum Gasteiger partial charge on any atom is 0.327 e. The molecule has 9 heteroatoms. The number of carboxylic acid groups (broad SMARTS) is 1. The smallest absolute Gasteiger partial charge is 0.327 e. The second kappa shape index (κ2) is 4.48. The summed E-state index contributed by atoms with van der Waals surface area (Å²) in [4.78, 5) is 11.3. The van der Waals surface area contributed by atoms with E-state index in [4.69, 9.17) is 23.2 Å². The van der Waals surface area contributed by atoms with Crippen LogP contribution in [0, 0.1) is 0 Å². The lowest BCUT2D eigenvalue weighted by atomic mass is 10.7. The zero-order chi connectivity index (χ0) is 10.6. The number of hydrogen-bond donors (Lipinski definition) is 4. The van der Waals surface area contributed by atoms with Crippen molar-refractivity contribution in [2.24, 2.45) is 5.84 Å². The van der Waals surface area contributed by atoms with Crippen molar-refractivity contribution in [3.05, 3.63) is 6.20 Å². The van der Waals surface area contributed by atoms with Crippen LogP contribution in [0.2, 0.25) is 0 Å². The number of hydrazine groups is 1. The number of nitrogens with one attached hydrogen (secondary N) is 2. The molecule has 0 bridgehead atoms. The first-order valence-corrected chi connectivity index (χ1v) is 3.92. The number of thiocarbonyl (C=S) groups is 1. The second-order valence-electron chi connectivity index (χ2n) is 2.25. The number of aliphatic carboxylic acids is 1. The van der Waals surface area contributed by atoms with Gasteiger partial charge in [0.25, 0.3) is 0 Å². The zero-order valence-corrected chi connectivity index (χ0v) is 7.78. The molecule has 0 aromatic carbocycles.